The van der Waals surface area contributed by atoms with Crippen molar-refractivity contribution in [2.45, 2.75) is 32.1 Å². The number of allylic oxidation sites excluding steroid dienone is 2. The topological polar surface area (TPSA) is 65.2 Å². The first-order valence-corrected chi connectivity index (χ1v) is 8.16. The third kappa shape index (κ3) is 3.94. The third-order valence-electron chi connectivity index (χ3n) is 4.39. The first kappa shape index (κ1) is 18.9. The van der Waals surface area contributed by atoms with Crippen LogP contribution in [-0.2, 0) is 0 Å². The molecule has 1 amide bonds. The van der Waals surface area contributed by atoms with E-state index in [0.29, 0.717) is 11.1 Å². The summed E-state index contributed by atoms with van der Waals surface area (Å²) in [4.78, 5) is 15.5. The lowest BCUT2D eigenvalue weighted by Gasteiger charge is -2.26. The molecule has 0 radical (unpaired) electrons. The van der Waals surface area contributed by atoms with Crippen molar-refractivity contribution < 1.29 is 27.1 Å². The van der Waals surface area contributed by atoms with Gasteiger partial charge in [-0.1, -0.05) is 5.57 Å². The Kier molecular flexibility index (Phi) is 4.91. The molecule has 3 rings (SSSR count). The summed E-state index contributed by atoms with van der Waals surface area (Å²) in [6, 6.07) is 4.17. The monoisotopic (exact) mass is 380 g/mol. The minimum absolute atomic E-state index is 0.00393. The van der Waals surface area contributed by atoms with Crippen LogP contribution in [-0.4, -0.2) is 17.0 Å². The van der Waals surface area contributed by atoms with Gasteiger partial charge in [-0.15, -0.1) is 0 Å². The van der Waals surface area contributed by atoms with Crippen LogP contribution in [0.1, 0.15) is 31.9 Å². The maximum Gasteiger partial charge on any atom is 0.410 e. The summed E-state index contributed by atoms with van der Waals surface area (Å²) in [5, 5.41) is 0. The molecule has 1 aromatic carbocycles. The molecular weight excluding hydrogens is 364 g/mol. The Morgan fingerprint density at radius 3 is 2.63 bits per heavy atom. The van der Waals surface area contributed by atoms with Crippen LogP contribution in [0.15, 0.2) is 36.0 Å². The number of hydrogen-bond acceptors (Lipinski definition) is 3. The number of carbonyl (C=O) groups excluding carboxylic acids is 1. The second kappa shape index (κ2) is 7.02. The number of aromatic nitrogens is 1. The number of alkyl halides is 2. The van der Waals surface area contributed by atoms with Crippen LogP contribution in [0.25, 0.3) is 16.7 Å². The van der Waals surface area contributed by atoms with E-state index in [0.717, 1.165) is 18.2 Å². The van der Waals surface area contributed by atoms with Gasteiger partial charge in [0.25, 0.3) is 5.92 Å². The number of carbonyl (C=O) groups is 1. The molecule has 1 aliphatic carbocycles. The zero-order valence-corrected chi connectivity index (χ0v) is 14.4. The smallest absolute Gasteiger partial charge is 0.407 e. The van der Waals surface area contributed by atoms with Crippen molar-refractivity contribution in [2.24, 2.45) is 5.73 Å². The molecule has 0 unspecified atom stereocenters. The van der Waals surface area contributed by atoms with Gasteiger partial charge in [-0.3, -0.25) is 4.98 Å². The Labute approximate surface area is 152 Å². The summed E-state index contributed by atoms with van der Waals surface area (Å²) in [5.74, 6) is -4.45. The van der Waals surface area contributed by atoms with Gasteiger partial charge >= 0.3 is 6.09 Å². The molecule has 2 N–H and O–H groups in total. The molecule has 8 heteroatoms. The van der Waals surface area contributed by atoms with E-state index in [2.05, 4.69) is 4.98 Å². The lowest BCUT2D eigenvalue weighted by Crippen LogP contribution is -2.22. The van der Waals surface area contributed by atoms with Gasteiger partial charge in [0.05, 0.1) is 0 Å². The van der Waals surface area contributed by atoms with Crippen molar-refractivity contribution in [1.29, 1.82) is 0 Å². The number of nitrogens with two attached hydrogens (primary N) is 1. The molecule has 2 aromatic rings. The summed E-state index contributed by atoms with van der Waals surface area (Å²) < 4.78 is 60.2. The second-order valence-corrected chi connectivity index (χ2v) is 6.37. The van der Waals surface area contributed by atoms with E-state index in [1.165, 1.54) is 19.2 Å². The molecule has 0 aliphatic heterocycles. The van der Waals surface area contributed by atoms with Gasteiger partial charge in [0.15, 0.2) is 5.75 Å². The van der Waals surface area contributed by atoms with Gasteiger partial charge in [0, 0.05) is 30.2 Å². The van der Waals surface area contributed by atoms with Crippen molar-refractivity contribution >= 4 is 11.7 Å². The highest BCUT2D eigenvalue weighted by Gasteiger charge is 2.35. The van der Waals surface area contributed by atoms with E-state index < -0.39 is 36.5 Å². The molecular formula is C19H16F4N2O2. The lowest BCUT2D eigenvalue weighted by atomic mass is 9.87. The molecule has 1 aliphatic rings. The van der Waals surface area contributed by atoms with Crippen LogP contribution in [0, 0.1) is 11.6 Å². The van der Waals surface area contributed by atoms with Crippen molar-refractivity contribution in [3.63, 3.8) is 0 Å². The van der Waals surface area contributed by atoms with E-state index in [1.54, 1.807) is 0 Å². The van der Waals surface area contributed by atoms with Gasteiger partial charge in [-0.05, 0) is 43.2 Å². The Balaban J connectivity index is 2.22. The number of hydrogen-bond donors (Lipinski definition) is 1. The number of rotatable bonds is 3. The van der Waals surface area contributed by atoms with E-state index in [-0.39, 0.29) is 29.0 Å². The Morgan fingerprint density at radius 2 is 1.96 bits per heavy atom. The van der Waals surface area contributed by atoms with Crippen molar-refractivity contribution in [3.8, 4) is 16.9 Å². The number of pyridine rings is 1. The Bertz CT molecular complexity index is 941. The number of ether oxygens (including phenoxy) is 1. The number of nitrogens with zero attached hydrogens (tertiary/aromatic N) is 1. The third-order valence-corrected chi connectivity index (χ3v) is 4.39. The van der Waals surface area contributed by atoms with E-state index >= 15 is 0 Å². The molecule has 0 saturated heterocycles. The minimum Gasteiger partial charge on any atom is -0.407 e. The maximum atomic E-state index is 14.3. The zero-order valence-electron chi connectivity index (χ0n) is 14.4. The minimum atomic E-state index is -2.83. The predicted molar refractivity (Wildman–Crippen MR) is 91.2 cm³/mol. The summed E-state index contributed by atoms with van der Waals surface area (Å²) in [7, 11) is 0. The lowest BCUT2D eigenvalue weighted by molar-refractivity contribution is -0.00915. The zero-order chi connectivity index (χ0) is 19.8. The number of benzene rings is 1. The Hall–Kier alpha value is -2.90. The largest absolute Gasteiger partial charge is 0.410 e. The summed E-state index contributed by atoms with van der Waals surface area (Å²) >= 11 is 0. The van der Waals surface area contributed by atoms with E-state index in [1.807, 2.05) is 0 Å². The van der Waals surface area contributed by atoms with Crippen LogP contribution in [0.5, 0.6) is 5.75 Å². The second-order valence-electron chi connectivity index (χ2n) is 6.37. The number of amides is 1. The molecule has 0 saturated carbocycles. The molecule has 0 spiro atoms. The van der Waals surface area contributed by atoms with Gasteiger partial charge in [-0.25, -0.2) is 22.4 Å². The van der Waals surface area contributed by atoms with Crippen LogP contribution >= 0.6 is 0 Å². The highest BCUT2D eigenvalue weighted by atomic mass is 19.3. The highest BCUT2D eigenvalue weighted by Crippen LogP contribution is 2.44. The number of halogens is 4. The predicted octanol–water partition coefficient (Wildman–Crippen LogP) is 5.08. The van der Waals surface area contributed by atoms with Crippen molar-refractivity contribution in [1.82, 2.24) is 4.98 Å². The summed E-state index contributed by atoms with van der Waals surface area (Å²) in [6.07, 6.45) is -0.720. The molecule has 4 nitrogen and oxygen atoms in total. The first-order valence-electron chi connectivity index (χ1n) is 8.16. The molecule has 1 heterocycles. The fourth-order valence-corrected chi connectivity index (χ4v) is 3.21. The molecule has 27 heavy (non-hydrogen) atoms. The van der Waals surface area contributed by atoms with E-state index in [4.69, 9.17) is 10.5 Å². The highest BCUT2D eigenvalue weighted by molar-refractivity contribution is 5.83. The van der Waals surface area contributed by atoms with Crippen molar-refractivity contribution in [2.75, 3.05) is 0 Å². The maximum absolute atomic E-state index is 14.3. The van der Waals surface area contributed by atoms with Crippen molar-refractivity contribution in [3.05, 3.63) is 53.4 Å². The van der Waals surface area contributed by atoms with Crippen LogP contribution < -0.4 is 10.5 Å². The van der Waals surface area contributed by atoms with Crippen LogP contribution in [0.4, 0.5) is 22.4 Å². The van der Waals surface area contributed by atoms with Crippen LogP contribution in [0.2, 0.25) is 0 Å². The van der Waals surface area contributed by atoms with Gasteiger partial charge in [0.1, 0.15) is 17.3 Å². The number of primary amides is 1. The Morgan fingerprint density at radius 1 is 1.22 bits per heavy atom. The quantitative estimate of drug-likeness (QED) is 0.756. The van der Waals surface area contributed by atoms with Gasteiger partial charge in [0.2, 0.25) is 0 Å². The molecule has 1 aromatic heterocycles. The van der Waals surface area contributed by atoms with Crippen LogP contribution in [0.3, 0.4) is 0 Å². The van der Waals surface area contributed by atoms with Gasteiger partial charge < -0.3 is 10.5 Å². The molecule has 0 atom stereocenters. The SMILES string of the molecule is CC1=C(c2nccc(-c3cc(F)ccc3F)c2OC(N)=O)CCC(F)(F)C1. The summed E-state index contributed by atoms with van der Waals surface area (Å²) in [5.41, 5.74) is 5.98. The normalized spacial score (nSPS) is 16.3. The molecule has 142 valence electrons. The average molecular weight is 380 g/mol. The molecule has 0 fully saturated rings. The first-order chi connectivity index (χ1) is 12.7. The van der Waals surface area contributed by atoms with Gasteiger partial charge in [-0.2, -0.15) is 0 Å². The standard InChI is InChI=1S/C19H16F4N2O2/c1-10-9-19(22,23)6-4-12(10)16-17(27-18(24)26)13(5-7-25-16)14-8-11(20)2-3-15(14)21/h2-3,5,7-8H,4,6,9H2,1H3,(H2,24,26). The average Bonchev–Trinajstić information content (AvgIpc) is 2.57. The fourth-order valence-electron chi connectivity index (χ4n) is 3.21. The van der Waals surface area contributed by atoms with E-state index in [9.17, 15) is 22.4 Å². The summed E-state index contributed by atoms with van der Waals surface area (Å²) in [6.45, 7) is 1.54. The molecule has 0 bridgehead atoms. The fraction of sp³-hybridized carbons (Fsp3) is 0.263.